The Morgan fingerprint density at radius 3 is 2.09 bits per heavy atom. The summed E-state index contributed by atoms with van der Waals surface area (Å²) in [6, 6.07) is -0.867. The minimum atomic E-state index is -1.36. The Kier molecular flexibility index (Phi) is 14.1. The minimum absolute atomic E-state index is 0.0639. The van der Waals surface area contributed by atoms with Crippen molar-refractivity contribution in [2.45, 2.75) is 71.0 Å². The van der Waals surface area contributed by atoms with Gasteiger partial charge in [0, 0.05) is 18.1 Å². The molecule has 0 rings (SSSR count). The normalized spacial score (nSPS) is 16.4. The summed E-state index contributed by atoms with van der Waals surface area (Å²) in [5, 5.41) is 23.3. The number of rotatable bonds is 15. The van der Waals surface area contributed by atoms with Crippen LogP contribution in [0.4, 0.5) is 0 Å². The lowest BCUT2D eigenvalue weighted by atomic mass is 10.2. The van der Waals surface area contributed by atoms with Gasteiger partial charge in [-0.2, -0.15) is 0 Å². The standard InChI is InChI=1S/C15H31N3O5/c1-4-6-8-21-10-13(17-18-16)15(20)23-14(12(3)19)11-22-9-7-5-2/h12-15,19-20H,4-11H2,1-3H3/t12-,13-,14?,15-/m0/s1. The summed E-state index contributed by atoms with van der Waals surface area (Å²) in [6.07, 6.45) is 0.930. The monoisotopic (exact) mass is 333 g/mol. The molecule has 0 saturated carbocycles. The van der Waals surface area contributed by atoms with Crippen molar-refractivity contribution >= 4 is 0 Å². The largest absolute Gasteiger partial charge is 0.391 e. The minimum Gasteiger partial charge on any atom is -0.391 e. The number of aliphatic hydroxyl groups is 2. The first-order chi connectivity index (χ1) is 11.1. The predicted octanol–water partition coefficient (Wildman–Crippen LogP) is 2.38. The van der Waals surface area contributed by atoms with Gasteiger partial charge in [0.1, 0.15) is 12.1 Å². The zero-order valence-corrected chi connectivity index (χ0v) is 14.4. The van der Waals surface area contributed by atoms with Crippen molar-refractivity contribution in [3.8, 4) is 0 Å². The van der Waals surface area contributed by atoms with Crippen LogP contribution in [-0.4, -0.2) is 61.2 Å². The molecule has 0 heterocycles. The van der Waals surface area contributed by atoms with E-state index in [1.54, 1.807) is 6.92 Å². The van der Waals surface area contributed by atoms with Crippen molar-refractivity contribution in [3.63, 3.8) is 0 Å². The molecular weight excluding hydrogens is 302 g/mol. The van der Waals surface area contributed by atoms with Gasteiger partial charge in [-0.05, 0) is 25.3 Å². The van der Waals surface area contributed by atoms with Gasteiger partial charge in [0.05, 0.1) is 19.3 Å². The average Bonchev–Trinajstić information content (AvgIpc) is 2.52. The van der Waals surface area contributed by atoms with Crippen LogP contribution in [0.3, 0.4) is 0 Å². The van der Waals surface area contributed by atoms with Crippen LogP contribution in [0.1, 0.15) is 46.5 Å². The van der Waals surface area contributed by atoms with Gasteiger partial charge in [0.2, 0.25) is 0 Å². The molecule has 0 aromatic heterocycles. The lowest BCUT2D eigenvalue weighted by Gasteiger charge is -2.26. The number of azide groups is 1. The number of nitrogens with zero attached hydrogens (tertiary/aromatic N) is 3. The quantitative estimate of drug-likeness (QED) is 0.157. The number of unbranched alkanes of at least 4 members (excludes halogenated alkanes) is 2. The molecule has 0 aliphatic carbocycles. The first-order valence-corrected chi connectivity index (χ1v) is 8.28. The van der Waals surface area contributed by atoms with Crippen LogP contribution in [0.15, 0.2) is 5.11 Å². The molecule has 0 bridgehead atoms. The van der Waals surface area contributed by atoms with Crippen molar-refractivity contribution in [3.05, 3.63) is 10.4 Å². The number of aliphatic hydroxyl groups excluding tert-OH is 2. The molecule has 2 N–H and O–H groups in total. The van der Waals surface area contributed by atoms with Crippen LogP contribution in [0.25, 0.3) is 10.4 Å². The molecule has 0 aromatic rings. The van der Waals surface area contributed by atoms with E-state index >= 15 is 0 Å². The van der Waals surface area contributed by atoms with Crippen molar-refractivity contribution in [1.82, 2.24) is 0 Å². The fraction of sp³-hybridized carbons (Fsp3) is 1.00. The van der Waals surface area contributed by atoms with Crippen LogP contribution in [0.2, 0.25) is 0 Å². The second-order valence-corrected chi connectivity index (χ2v) is 5.43. The molecule has 23 heavy (non-hydrogen) atoms. The molecular formula is C15H31N3O5. The molecule has 0 aliphatic heterocycles. The summed E-state index contributed by atoms with van der Waals surface area (Å²) >= 11 is 0. The van der Waals surface area contributed by atoms with Gasteiger partial charge in [-0.1, -0.05) is 31.8 Å². The van der Waals surface area contributed by atoms with Gasteiger partial charge in [0.25, 0.3) is 0 Å². The molecule has 136 valence electrons. The molecule has 0 aliphatic rings. The first kappa shape index (κ1) is 22.1. The van der Waals surface area contributed by atoms with Crippen LogP contribution in [0, 0.1) is 0 Å². The number of ether oxygens (including phenoxy) is 3. The first-order valence-electron chi connectivity index (χ1n) is 8.28. The molecule has 0 radical (unpaired) electrons. The zero-order valence-electron chi connectivity index (χ0n) is 14.4. The summed E-state index contributed by atoms with van der Waals surface area (Å²) in [5.74, 6) is 0. The van der Waals surface area contributed by atoms with E-state index in [0.717, 1.165) is 25.7 Å². The maximum absolute atomic E-state index is 10.1. The lowest BCUT2D eigenvalue weighted by Crippen LogP contribution is -2.40. The highest BCUT2D eigenvalue weighted by atomic mass is 16.6. The predicted molar refractivity (Wildman–Crippen MR) is 86.9 cm³/mol. The van der Waals surface area contributed by atoms with E-state index in [9.17, 15) is 10.2 Å². The van der Waals surface area contributed by atoms with Gasteiger partial charge >= 0.3 is 0 Å². The molecule has 0 fully saturated rings. The van der Waals surface area contributed by atoms with Gasteiger partial charge < -0.3 is 24.4 Å². The van der Waals surface area contributed by atoms with E-state index in [1.807, 2.05) is 6.92 Å². The lowest BCUT2D eigenvalue weighted by molar-refractivity contribution is -0.191. The number of hydrogen-bond donors (Lipinski definition) is 2. The Labute approximate surface area is 138 Å². The Morgan fingerprint density at radius 2 is 1.61 bits per heavy atom. The van der Waals surface area contributed by atoms with Gasteiger partial charge in [-0.3, -0.25) is 0 Å². The third kappa shape index (κ3) is 11.3. The van der Waals surface area contributed by atoms with Crippen molar-refractivity contribution < 1.29 is 24.4 Å². The van der Waals surface area contributed by atoms with Crippen molar-refractivity contribution in [2.75, 3.05) is 26.4 Å². The molecule has 1 unspecified atom stereocenters. The Morgan fingerprint density at radius 1 is 1.04 bits per heavy atom. The zero-order chi connectivity index (χ0) is 17.5. The summed E-state index contributed by atoms with van der Waals surface area (Å²) in [4.78, 5) is 2.71. The Bertz CT molecular complexity index is 324. The third-order valence-electron chi connectivity index (χ3n) is 3.24. The van der Waals surface area contributed by atoms with Gasteiger partial charge in [-0.15, -0.1) is 0 Å². The van der Waals surface area contributed by atoms with Crippen molar-refractivity contribution in [1.29, 1.82) is 0 Å². The molecule has 0 aromatic carbocycles. The fourth-order valence-electron chi connectivity index (χ4n) is 1.70. The van der Waals surface area contributed by atoms with Crippen LogP contribution in [0.5, 0.6) is 0 Å². The third-order valence-corrected chi connectivity index (χ3v) is 3.24. The van der Waals surface area contributed by atoms with E-state index in [1.165, 1.54) is 0 Å². The summed E-state index contributed by atoms with van der Waals surface area (Å²) in [6.45, 7) is 6.97. The molecule has 0 spiro atoms. The summed E-state index contributed by atoms with van der Waals surface area (Å²) < 4.78 is 16.2. The fourth-order valence-corrected chi connectivity index (χ4v) is 1.70. The van der Waals surface area contributed by atoms with E-state index in [4.69, 9.17) is 19.7 Å². The van der Waals surface area contributed by atoms with Crippen molar-refractivity contribution in [2.24, 2.45) is 5.11 Å². The SMILES string of the molecule is CCCCOCC(O[C@H](O)[C@H](COCCCC)N=[N+]=[N-])[C@H](C)O. The maximum Gasteiger partial charge on any atom is 0.165 e. The highest BCUT2D eigenvalue weighted by Gasteiger charge is 2.25. The Hall–Kier alpha value is -0.890. The second-order valence-electron chi connectivity index (χ2n) is 5.43. The summed E-state index contributed by atoms with van der Waals surface area (Å²) in [5.41, 5.74) is 8.59. The van der Waals surface area contributed by atoms with E-state index in [0.29, 0.717) is 13.2 Å². The van der Waals surface area contributed by atoms with Crippen LogP contribution < -0.4 is 0 Å². The molecule has 0 amide bonds. The highest BCUT2D eigenvalue weighted by molar-refractivity contribution is 4.73. The van der Waals surface area contributed by atoms with Crippen LogP contribution in [-0.2, 0) is 14.2 Å². The topological polar surface area (TPSA) is 117 Å². The van der Waals surface area contributed by atoms with E-state index in [2.05, 4.69) is 16.9 Å². The van der Waals surface area contributed by atoms with E-state index < -0.39 is 24.5 Å². The summed E-state index contributed by atoms with van der Waals surface area (Å²) in [7, 11) is 0. The smallest absolute Gasteiger partial charge is 0.165 e. The average molecular weight is 333 g/mol. The van der Waals surface area contributed by atoms with Gasteiger partial charge in [-0.25, -0.2) is 0 Å². The van der Waals surface area contributed by atoms with Gasteiger partial charge in [0.15, 0.2) is 6.29 Å². The molecule has 8 nitrogen and oxygen atoms in total. The number of hydrogen-bond acceptors (Lipinski definition) is 6. The van der Waals surface area contributed by atoms with Crippen LogP contribution >= 0.6 is 0 Å². The Balaban J connectivity index is 4.39. The maximum atomic E-state index is 10.1. The van der Waals surface area contributed by atoms with E-state index in [-0.39, 0.29) is 13.2 Å². The highest BCUT2D eigenvalue weighted by Crippen LogP contribution is 2.10. The molecule has 0 saturated heterocycles. The second kappa shape index (κ2) is 14.7. The molecule has 8 heteroatoms. The molecule has 4 atom stereocenters.